The zero-order valence-electron chi connectivity index (χ0n) is 18.2. The number of halogens is 2. The summed E-state index contributed by atoms with van der Waals surface area (Å²) >= 11 is 0. The van der Waals surface area contributed by atoms with E-state index in [1.165, 1.54) is 24.5 Å². The van der Waals surface area contributed by atoms with Crippen LogP contribution in [0.15, 0.2) is 73.2 Å². The quantitative estimate of drug-likeness (QED) is 0.281. The summed E-state index contributed by atoms with van der Waals surface area (Å²) in [7, 11) is -2.71. The van der Waals surface area contributed by atoms with Crippen LogP contribution in [0, 0.1) is 11.6 Å². The predicted molar refractivity (Wildman–Crippen MR) is 128 cm³/mol. The molecule has 7 nitrogen and oxygen atoms in total. The average Bonchev–Trinajstić information content (AvgIpc) is 2.79. The molecule has 0 bridgehead atoms. The molecule has 4 rings (SSSR count). The zero-order valence-corrected chi connectivity index (χ0v) is 19.0. The summed E-state index contributed by atoms with van der Waals surface area (Å²) in [5.74, 6) is -0.888. The van der Waals surface area contributed by atoms with Crippen LogP contribution in [0.1, 0.15) is 11.1 Å². The van der Waals surface area contributed by atoms with Crippen molar-refractivity contribution in [2.75, 3.05) is 11.6 Å². The minimum Gasteiger partial charge on any atom is -0.488 e. The van der Waals surface area contributed by atoms with Gasteiger partial charge < -0.3 is 10.1 Å². The Morgan fingerprint density at radius 2 is 1.82 bits per heavy atom. The lowest BCUT2D eigenvalue weighted by atomic mass is 10.1. The first-order chi connectivity index (χ1) is 16.3. The molecule has 4 aromatic rings. The normalized spacial score (nSPS) is 11.8. The number of hydrogen-bond donors (Lipinski definition) is 3. The number of hydrogen-bond acceptors (Lipinski definition) is 7. The first-order valence-corrected chi connectivity index (χ1v) is 12.3. The van der Waals surface area contributed by atoms with E-state index in [1.807, 2.05) is 6.07 Å². The van der Waals surface area contributed by atoms with Crippen LogP contribution in [0.4, 0.5) is 20.4 Å². The standard InChI is InChI=1S/C24H22F2N4O3S/c1-34(31,32)15-16-4-2-6-19(10-16)29-24-28-13-21(26)23(30-24)20-8-7-18(25)11-22(20)33-14-17-5-3-9-27-12-17/h2-13,31-32H,14-15H2,1H3,(H,28,29,30). The molecule has 2 aromatic heterocycles. The molecule has 0 aliphatic heterocycles. The lowest BCUT2D eigenvalue weighted by molar-refractivity contribution is 0.305. The van der Waals surface area contributed by atoms with E-state index in [9.17, 15) is 17.9 Å². The van der Waals surface area contributed by atoms with Gasteiger partial charge in [-0.3, -0.25) is 14.1 Å². The van der Waals surface area contributed by atoms with E-state index in [-0.39, 0.29) is 35.3 Å². The number of benzene rings is 2. The Labute approximate surface area is 196 Å². The Morgan fingerprint density at radius 3 is 2.59 bits per heavy atom. The Bertz CT molecular complexity index is 1290. The minimum atomic E-state index is -2.71. The molecular formula is C24H22F2N4O3S. The molecule has 176 valence electrons. The van der Waals surface area contributed by atoms with Crippen LogP contribution in [-0.4, -0.2) is 30.3 Å². The first-order valence-electron chi connectivity index (χ1n) is 10.2. The van der Waals surface area contributed by atoms with Crippen LogP contribution < -0.4 is 10.1 Å². The van der Waals surface area contributed by atoms with Crippen molar-refractivity contribution < 1.29 is 22.6 Å². The van der Waals surface area contributed by atoms with Crippen molar-refractivity contribution in [3.8, 4) is 17.0 Å². The van der Waals surface area contributed by atoms with E-state index in [2.05, 4.69) is 20.3 Å². The first kappa shape index (κ1) is 23.6. The zero-order chi connectivity index (χ0) is 24.1. The summed E-state index contributed by atoms with van der Waals surface area (Å²) in [5, 5.41) is 2.99. The van der Waals surface area contributed by atoms with Gasteiger partial charge in [-0.25, -0.2) is 18.7 Å². The highest BCUT2D eigenvalue weighted by Gasteiger charge is 2.16. The molecule has 0 spiro atoms. The van der Waals surface area contributed by atoms with Crippen LogP contribution >= 0.6 is 10.6 Å². The van der Waals surface area contributed by atoms with Crippen LogP contribution in [0.5, 0.6) is 5.75 Å². The smallest absolute Gasteiger partial charge is 0.227 e. The summed E-state index contributed by atoms with van der Waals surface area (Å²) in [6, 6.07) is 14.3. The van der Waals surface area contributed by atoms with Crippen LogP contribution in [0.25, 0.3) is 11.3 Å². The summed E-state index contributed by atoms with van der Waals surface area (Å²) < 4.78 is 53.9. The SMILES string of the molecule is CS(O)(O)Cc1cccc(Nc2ncc(F)c(-c3ccc(F)cc3OCc3cccnc3)n2)c1. The molecule has 0 amide bonds. The van der Waals surface area contributed by atoms with Crippen LogP contribution in [-0.2, 0) is 12.4 Å². The molecule has 2 heterocycles. The maximum atomic E-state index is 14.7. The van der Waals surface area contributed by atoms with Crippen molar-refractivity contribution in [1.29, 1.82) is 0 Å². The Morgan fingerprint density at radius 1 is 1.00 bits per heavy atom. The number of nitrogens with one attached hydrogen (secondary N) is 1. The lowest BCUT2D eigenvalue weighted by Crippen LogP contribution is -2.03. The highest BCUT2D eigenvalue weighted by Crippen LogP contribution is 2.38. The van der Waals surface area contributed by atoms with E-state index >= 15 is 0 Å². The van der Waals surface area contributed by atoms with Gasteiger partial charge in [-0.2, -0.15) is 10.6 Å². The molecular weight excluding hydrogens is 462 g/mol. The average molecular weight is 485 g/mol. The van der Waals surface area contributed by atoms with E-state index in [4.69, 9.17) is 4.74 Å². The van der Waals surface area contributed by atoms with Crippen molar-refractivity contribution in [2.24, 2.45) is 0 Å². The van der Waals surface area contributed by atoms with Crippen molar-refractivity contribution >= 4 is 22.2 Å². The molecule has 0 saturated heterocycles. The molecule has 0 unspecified atom stereocenters. The van der Waals surface area contributed by atoms with Gasteiger partial charge in [0.2, 0.25) is 5.95 Å². The number of ether oxygens (including phenoxy) is 1. The molecule has 0 radical (unpaired) electrons. The van der Waals surface area contributed by atoms with E-state index in [0.29, 0.717) is 11.3 Å². The van der Waals surface area contributed by atoms with Gasteiger partial charge in [0.25, 0.3) is 0 Å². The molecule has 34 heavy (non-hydrogen) atoms. The summed E-state index contributed by atoms with van der Waals surface area (Å²) in [6.07, 6.45) is 5.65. The largest absolute Gasteiger partial charge is 0.488 e. The van der Waals surface area contributed by atoms with Gasteiger partial charge in [0.1, 0.15) is 23.9 Å². The van der Waals surface area contributed by atoms with Crippen molar-refractivity contribution in [1.82, 2.24) is 15.0 Å². The molecule has 0 aliphatic rings. The lowest BCUT2D eigenvalue weighted by Gasteiger charge is -2.26. The maximum absolute atomic E-state index is 14.7. The Balaban J connectivity index is 1.61. The predicted octanol–water partition coefficient (Wildman–Crippen LogP) is 6.02. The second-order valence-electron chi connectivity index (χ2n) is 7.64. The van der Waals surface area contributed by atoms with Gasteiger partial charge in [0.05, 0.1) is 11.9 Å². The summed E-state index contributed by atoms with van der Waals surface area (Å²) in [4.78, 5) is 12.3. The highest BCUT2D eigenvalue weighted by molar-refractivity contribution is 8.23. The van der Waals surface area contributed by atoms with E-state index in [0.717, 1.165) is 11.8 Å². The molecule has 3 N–H and O–H groups in total. The van der Waals surface area contributed by atoms with Gasteiger partial charge in [0.15, 0.2) is 5.82 Å². The number of nitrogens with zero attached hydrogens (tertiary/aromatic N) is 3. The molecule has 2 aromatic carbocycles. The fourth-order valence-corrected chi connectivity index (χ4v) is 4.07. The minimum absolute atomic E-state index is 0.0578. The third-order valence-electron chi connectivity index (χ3n) is 4.68. The monoisotopic (exact) mass is 484 g/mol. The van der Waals surface area contributed by atoms with Gasteiger partial charge in [-0.15, -0.1) is 0 Å². The maximum Gasteiger partial charge on any atom is 0.227 e. The van der Waals surface area contributed by atoms with Crippen LogP contribution in [0.3, 0.4) is 0 Å². The number of aromatic nitrogens is 3. The van der Waals surface area contributed by atoms with Crippen LogP contribution in [0.2, 0.25) is 0 Å². The molecule has 0 saturated carbocycles. The number of pyridine rings is 1. The summed E-state index contributed by atoms with van der Waals surface area (Å²) in [6.45, 7) is 0.117. The molecule has 0 atom stereocenters. The Kier molecular flexibility index (Phi) is 7.01. The molecule has 0 aliphatic carbocycles. The van der Waals surface area contributed by atoms with Crippen molar-refractivity contribution in [3.63, 3.8) is 0 Å². The van der Waals surface area contributed by atoms with Gasteiger partial charge in [-0.1, -0.05) is 18.2 Å². The fourth-order valence-electron chi connectivity index (χ4n) is 3.26. The van der Waals surface area contributed by atoms with Crippen molar-refractivity contribution in [3.05, 3.63) is 95.9 Å². The molecule has 10 heteroatoms. The fraction of sp³-hybridized carbons (Fsp3) is 0.125. The number of rotatable bonds is 8. The highest BCUT2D eigenvalue weighted by atomic mass is 32.3. The van der Waals surface area contributed by atoms with Gasteiger partial charge in [0, 0.05) is 41.5 Å². The summed E-state index contributed by atoms with van der Waals surface area (Å²) in [5.41, 5.74) is 2.27. The van der Waals surface area contributed by atoms with Gasteiger partial charge in [-0.05, 0) is 35.9 Å². The van der Waals surface area contributed by atoms with Crippen molar-refractivity contribution in [2.45, 2.75) is 12.4 Å². The molecule has 0 fully saturated rings. The topological polar surface area (TPSA) is 100 Å². The Hall–Kier alpha value is -3.60. The number of anilines is 2. The second-order valence-corrected chi connectivity index (χ2v) is 9.92. The van der Waals surface area contributed by atoms with E-state index < -0.39 is 22.2 Å². The third kappa shape index (κ3) is 6.25. The second kappa shape index (κ2) is 10.1. The van der Waals surface area contributed by atoms with Gasteiger partial charge >= 0.3 is 0 Å². The third-order valence-corrected chi connectivity index (χ3v) is 5.56. The van der Waals surface area contributed by atoms with E-state index in [1.54, 1.807) is 42.7 Å².